The van der Waals surface area contributed by atoms with Crippen molar-refractivity contribution in [2.45, 2.75) is 18.9 Å². The van der Waals surface area contributed by atoms with Crippen LogP contribution >= 0.6 is 24.0 Å². The average molecular weight is 424 g/mol. The third-order valence-corrected chi connectivity index (χ3v) is 3.87. The van der Waals surface area contributed by atoms with Gasteiger partial charge in [0, 0.05) is 44.5 Å². The van der Waals surface area contributed by atoms with E-state index in [1.807, 2.05) is 4.90 Å². The molecule has 0 aromatic carbocycles. The average Bonchev–Trinajstić information content (AvgIpc) is 3.28. The lowest BCUT2D eigenvalue weighted by Crippen LogP contribution is -2.51. The molecule has 22 heavy (non-hydrogen) atoms. The van der Waals surface area contributed by atoms with Gasteiger partial charge in [-0.2, -0.15) is 0 Å². The van der Waals surface area contributed by atoms with Crippen LogP contribution in [0.2, 0.25) is 0 Å². The maximum atomic E-state index is 12.5. The topological polar surface area (TPSA) is 70.6 Å². The zero-order valence-electron chi connectivity index (χ0n) is 12.0. The molecule has 1 aromatic heterocycles. The van der Waals surface area contributed by atoms with Crippen molar-refractivity contribution in [2.75, 3.05) is 31.1 Å². The first-order valence-corrected chi connectivity index (χ1v) is 7.03. The third kappa shape index (κ3) is 3.93. The molecule has 6 nitrogen and oxygen atoms in total. The molecule has 0 unspecified atom stereocenters. The van der Waals surface area contributed by atoms with Crippen LogP contribution in [0.5, 0.6) is 0 Å². The first kappa shape index (κ1) is 17.1. The quantitative estimate of drug-likeness (QED) is 0.449. The summed E-state index contributed by atoms with van der Waals surface area (Å²) in [6, 6.07) is 1.47. The van der Waals surface area contributed by atoms with Crippen LogP contribution in [-0.4, -0.2) is 59.5 Å². The van der Waals surface area contributed by atoms with Gasteiger partial charge in [-0.1, -0.05) is 0 Å². The van der Waals surface area contributed by atoms with Crippen molar-refractivity contribution in [3.63, 3.8) is 0 Å². The molecule has 1 saturated carbocycles. The number of anilines is 1. The minimum atomic E-state index is -2.29. The van der Waals surface area contributed by atoms with Gasteiger partial charge in [-0.05, 0) is 12.5 Å². The molecule has 1 aromatic rings. The van der Waals surface area contributed by atoms with Crippen LogP contribution in [0.3, 0.4) is 0 Å². The van der Waals surface area contributed by atoms with Crippen molar-refractivity contribution < 1.29 is 8.78 Å². The van der Waals surface area contributed by atoms with E-state index in [4.69, 9.17) is 5.73 Å². The Hall–Kier alpha value is -1.26. The van der Waals surface area contributed by atoms with Crippen LogP contribution in [0, 0.1) is 5.92 Å². The largest absolute Gasteiger partial charge is 0.370 e. The third-order valence-electron chi connectivity index (χ3n) is 3.87. The van der Waals surface area contributed by atoms with Crippen molar-refractivity contribution in [2.24, 2.45) is 16.6 Å². The van der Waals surface area contributed by atoms with E-state index in [-0.39, 0.29) is 30.0 Å². The Morgan fingerprint density at radius 2 is 1.86 bits per heavy atom. The lowest BCUT2D eigenvalue weighted by molar-refractivity contribution is 0.121. The fourth-order valence-corrected chi connectivity index (χ4v) is 2.46. The molecule has 122 valence electrons. The summed E-state index contributed by atoms with van der Waals surface area (Å²) >= 11 is 0. The van der Waals surface area contributed by atoms with Gasteiger partial charge >= 0.3 is 0 Å². The van der Waals surface area contributed by atoms with Crippen molar-refractivity contribution in [3.8, 4) is 0 Å². The summed E-state index contributed by atoms with van der Waals surface area (Å²) < 4.78 is 24.9. The molecule has 0 spiro atoms. The molecule has 0 bridgehead atoms. The summed E-state index contributed by atoms with van der Waals surface area (Å²) in [4.78, 5) is 16.6. The zero-order chi connectivity index (χ0) is 14.8. The van der Waals surface area contributed by atoms with Crippen LogP contribution in [0.1, 0.15) is 6.42 Å². The van der Waals surface area contributed by atoms with Gasteiger partial charge < -0.3 is 15.5 Å². The Morgan fingerprint density at radius 3 is 2.41 bits per heavy atom. The second-order valence-electron chi connectivity index (χ2n) is 5.31. The zero-order valence-corrected chi connectivity index (χ0v) is 14.3. The van der Waals surface area contributed by atoms with E-state index in [1.165, 1.54) is 0 Å². The van der Waals surface area contributed by atoms with Gasteiger partial charge in [-0.15, -0.1) is 24.0 Å². The summed E-state index contributed by atoms with van der Waals surface area (Å²) in [7, 11) is 0. The molecule has 9 heteroatoms. The predicted molar refractivity (Wildman–Crippen MR) is 90.8 cm³/mol. The predicted octanol–water partition coefficient (Wildman–Crippen LogP) is 1.18. The first-order valence-electron chi connectivity index (χ1n) is 7.03. The van der Waals surface area contributed by atoms with Crippen molar-refractivity contribution >= 4 is 35.9 Å². The van der Waals surface area contributed by atoms with Gasteiger partial charge in [0.1, 0.15) is 0 Å². The molecule has 0 radical (unpaired) electrons. The Balaban J connectivity index is 0.00000176. The number of nitrogens with two attached hydrogens (primary N) is 1. The highest BCUT2D eigenvalue weighted by Gasteiger charge is 2.44. The summed E-state index contributed by atoms with van der Waals surface area (Å²) in [5, 5.41) is 0. The summed E-state index contributed by atoms with van der Waals surface area (Å²) in [5.74, 6) is 0.465. The maximum absolute atomic E-state index is 12.5. The number of hydrogen-bond acceptors (Lipinski definition) is 4. The summed E-state index contributed by atoms with van der Waals surface area (Å²) in [5.41, 5.74) is 5.92. The van der Waals surface area contributed by atoms with Gasteiger partial charge in [0.25, 0.3) is 0 Å². The summed E-state index contributed by atoms with van der Waals surface area (Å²) in [6.45, 7) is 2.87. The SMILES string of the molecule is I.NC(=N[C@H]1C[C@@H]1C(F)F)N1CCN(c2ncccn2)CC1. The molecule has 0 amide bonds. The van der Waals surface area contributed by atoms with Crippen LogP contribution in [0.4, 0.5) is 14.7 Å². The Morgan fingerprint density at radius 1 is 1.23 bits per heavy atom. The number of guanidine groups is 1. The van der Waals surface area contributed by atoms with E-state index in [1.54, 1.807) is 18.5 Å². The van der Waals surface area contributed by atoms with Crippen molar-refractivity contribution in [3.05, 3.63) is 18.5 Å². The molecule has 1 aliphatic carbocycles. The highest BCUT2D eigenvalue weighted by atomic mass is 127. The Kier molecular flexibility index (Phi) is 5.70. The Labute approximate surface area is 144 Å². The maximum Gasteiger partial charge on any atom is 0.243 e. The minimum absolute atomic E-state index is 0. The molecular formula is C13H19F2IN6. The molecule has 1 aliphatic heterocycles. The monoisotopic (exact) mass is 424 g/mol. The molecule has 2 aliphatic rings. The van der Waals surface area contributed by atoms with Crippen LogP contribution in [0.15, 0.2) is 23.5 Å². The molecule has 2 heterocycles. The fourth-order valence-electron chi connectivity index (χ4n) is 2.46. The smallest absolute Gasteiger partial charge is 0.243 e. The van der Waals surface area contributed by atoms with Crippen molar-refractivity contribution in [1.29, 1.82) is 0 Å². The molecule has 2 atom stereocenters. The first-order chi connectivity index (χ1) is 10.1. The normalized spacial score (nSPS) is 25.1. The van der Waals surface area contributed by atoms with Crippen LogP contribution < -0.4 is 10.6 Å². The highest BCUT2D eigenvalue weighted by Crippen LogP contribution is 2.39. The fraction of sp³-hybridized carbons (Fsp3) is 0.615. The minimum Gasteiger partial charge on any atom is -0.370 e. The molecule has 2 fully saturated rings. The lowest BCUT2D eigenvalue weighted by Gasteiger charge is -2.35. The number of rotatable bonds is 3. The van der Waals surface area contributed by atoms with Crippen LogP contribution in [-0.2, 0) is 0 Å². The second kappa shape index (κ2) is 7.34. The standard InChI is InChI=1S/C13H18F2N6.HI/c14-11(15)9-8-10(9)19-12(16)20-4-6-21(7-5-20)13-17-2-1-3-18-13;/h1-3,9-11H,4-8H2,(H2,16,19);1H/t9-,10-;/m0./s1. The lowest BCUT2D eigenvalue weighted by atomic mass is 10.3. The second-order valence-corrected chi connectivity index (χ2v) is 5.31. The van der Waals surface area contributed by atoms with E-state index >= 15 is 0 Å². The van der Waals surface area contributed by atoms with E-state index in [2.05, 4.69) is 19.9 Å². The van der Waals surface area contributed by atoms with Crippen molar-refractivity contribution in [1.82, 2.24) is 14.9 Å². The summed E-state index contributed by atoms with van der Waals surface area (Å²) in [6.07, 6.45) is 1.57. The number of aromatic nitrogens is 2. The molecule has 3 rings (SSSR count). The number of alkyl halides is 2. The van der Waals surface area contributed by atoms with Crippen LogP contribution in [0.25, 0.3) is 0 Å². The van der Waals surface area contributed by atoms with E-state index in [9.17, 15) is 8.78 Å². The van der Waals surface area contributed by atoms with Gasteiger partial charge in [-0.3, -0.25) is 0 Å². The Bertz CT molecular complexity index is 507. The number of piperazine rings is 1. The highest BCUT2D eigenvalue weighted by molar-refractivity contribution is 14.0. The van der Waals surface area contributed by atoms with E-state index < -0.39 is 12.3 Å². The van der Waals surface area contributed by atoms with Gasteiger partial charge in [0.15, 0.2) is 5.96 Å². The number of hydrogen-bond donors (Lipinski definition) is 1. The van der Waals surface area contributed by atoms with Gasteiger partial charge in [-0.25, -0.2) is 23.7 Å². The van der Waals surface area contributed by atoms with E-state index in [0.29, 0.717) is 31.4 Å². The number of aliphatic imine (C=N–C) groups is 1. The number of halogens is 3. The van der Waals surface area contributed by atoms with Gasteiger partial charge in [0.05, 0.1) is 6.04 Å². The van der Waals surface area contributed by atoms with E-state index in [0.717, 1.165) is 13.1 Å². The molecule has 2 N–H and O–H groups in total. The van der Waals surface area contributed by atoms with Gasteiger partial charge in [0.2, 0.25) is 12.4 Å². The number of nitrogens with zero attached hydrogens (tertiary/aromatic N) is 5. The molecule has 1 saturated heterocycles. The molecular weight excluding hydrogens is 405 g/mol.